The fourth-order valence-electron chi connectivity index (χ4n) is 3.09. The van der Waals surface area contributed by atoms with Crippen LogP contribution in [0.2, 0.25) is 0 Å². The van der Waals surface area contributed by atoms with Crippen molar-refractivity contribution >= 4 is 28.3 Å². The second kappa shape index (κ2) is 5.48. The highest BCUT2D eigenvalue weighted by Crippen LogP contribution is 2.35. The van der Waals surface area contributed by atoms with Gasteiger partial charge in [-0.3, -0.25) is 29.6 Å². The zero-order valence-electron chi connectivity index (χ0n) is 12.9. The summed E-state index contributed by atoms with van der Waals surface area (Å²) in [6.45, 7) is 0.0469. The number of non-ortho nitro benzene ring substituents is 1. The molecular weight excluding hydrogens is 322 g/mol. The molecule has 3 aromatic rings. The number of carbonyl (C=O) groups is 2. The van der Waals surface area contributed by atoms with Gasteiger partial charge < -0.3 is 0 Å². The normalized spacial score (nSPS) is 13.4. The molecule has 122 valence electrons. The molecule has 2 amide bonds. The number of amides is 2. The largest absolute Gasteiger partial charge is 0.277 e. The number of nitrogens with zero attached hydrogens (tertiary/aromatic N) is 3. The molecule has 7 nitrogen and oxygen atoms in total. The van der Waals surface area contributed by atoms with Gasteiger partial charge in [-0.05, 0) is 30.3 Å². The van der Waals surface area contributed by atoms with E-state index < -0.39 is 16.7 Å². The number of nitro benzene ring substituents is 1. The van der Waals surface area contributed by atoms with Gasteiger partial charge in [-0.25, -0.2) is 0 Å². The minimum Gasteiger partial charge on any atom is -0.269 e. The van der Waals surface area contributed by atoms with Gasteiger partial charge >= 0.3 is 0 Å². The first-order valence-electron chi connectivity index (χ1n) is 7.54. The van der Waals surface area contributed by atoms with Crippen LogP contribution in [-0.4, -0.2) is 26.6 Å². The number of benzene rings is 2. The number of hydrogen-bond acceptors (Lipinski definition) is 5. The molecule has 0 atom stereocenters. The number of imide groups is 1. The lowest BCUT2D eigenvalue weighted by Gasteiger charge is -2.26. The molecule has 0 unspecified atom stereocenters. The Kier molecular flexibility index (Phi) is 3.28. The molecule has 1 aliphatic heterocycles. The van der Waals surface area contributed by atoms with Crippen LogP contribution in [0.3, 0.4) is 0 Å². The lowest BCUT2D eigenvalue weighted by Crippen LogP contribution is -2.39. The standard InChI is InChI=1S/C18H11N3O4/c22-17-13-6-3-5-12-15(21(24)25)8-7-14(16(12)13)18(23)20(17)10-11-4-1-2-9-19-11/h1-9H,10H2. The summed E-state index contributed by atoms with van der Waals surface area (Å²) >= 11 is 0. The minimum absolute atomic E-state index is 0.0469. The van der Waals surface area contributed by atoms with E-state index in [1.807, 2.05) is 0 Å². The summed E-state index contributed by atoms with van der Waals surface area (Å²) < 4.78 is 0. The van der Waals surface area contributed by atoms with Crippen LogP contribution in [0.1, 0.15) is 26.4 Å². The Labute approximate surface area is 141 Å². The Morgan fingerprint density at radius 1 is 0.960 bits per heavy atom. The Morgan fingerprint density at radius 3 is 2.40 bits per heavy atom. The summed E-state index contributed by atoms with van der Waals surface area (Å²) in [5.41, 5.74) is 1.03. The quantitative estimate of drug-likeness (QED) is 0.417. The summed E-state index contributed by atoms with van der Waals surface area (Å²) in [6, 6.07) is 12.7. The van der Waals surface area contributed by atoms with Crippen molar-refractivity contribution in [2.24, 2.45) is 0 Å². The van der Waals surface area contributed by atoms with Crippen LogP contribution in [0.25, 0.3) is 10.8 Å². The lowest BCUT2D eigenvalue weighted by molar-refractivity contribution is -0.383. The van der Waals surface area contributed by atoms with E-state index in [9.17, 15) is 19.7 Å². The summed E-state index contributed by atoms with van der Waals surface area (Å²) in [6.07, 6.45) is 1.59. The van der Waals surface area contributed by atoms with Crippen molar-refractivity contribution in [3.05, 3.63) is 81.7 Å². The fourth-order valence-corrected chi connectivity index (χ4v) is 3.09. The molecule has 2 heterocycles. The van der Waals surface area contributed by atoms with Crippen molar-refractivity contribution in [2.45, 2.75) is 6.54 Å². The van der Waals surface area contributed by atoms with Gasteiger partial charge in [0.15, 0.2) is 0 Å². The van der Waals surface area contributed by atoms with Crippen LogP contribution >= 0.6 is 0 Å². The number of hydrogen-bond donors (Lipinski definition) is 0. The van der Waals surface area contributed by atoms with Crippen molar-refractivity contribution < 1.29 is 14.5 Å². The van der Waals surface area contributed by atoms with E-state index in [1.165, 1.54) is 12.1 Å². The van der Waals surface area contributed by atoms with Crippen LogP contribution in [0.5, 0.6) is 0 Å². The van der Waals surface area contributed by atoms with Gasteiger partial charge in [0.2, 0.25) is 0 Å². The molecule has 1 aromatic heterocycles. The van der Waals surface area contributed by atoms with Crippen molar-refractivity contribution in [3.63, 3.8) is 0 Å². The highest BCUT2D eigenvalue weighted by atomic mass is 16.6. The summed E-state index contributed by atoms with van der Waals surface area (Å²) in [5, 5.41) is 11.9. The van der Waals surface area contributed by atoms with Crippen LogP contribution in [0, 0.1) is 10.1 Å². The number of nitro groups is 1. The van der Waals surface area contributed by atoms with Gasteiger partial charge in [0.05, 0.1) is 22.5 Å². The van der Waals surface area contributed by atoms with Crippen molar-refractivity contribution in [1.29, 1.82) is 0 Å². The third kappa shape index (κ3) is 2.25. The Bertz CT molecular complexity index is 1020. The molecule has 0 saturated carbocycles. The first-order chi connectivity index (χ1) is 12.1. The topological polar surface area (TPSA) is 93.4 Å². The van der Waals surface area contributed by atoms with Gasteiger partial charge in [-0.1, -0.05) is 12.1 Å². The maximum Gasteiger partial charge on any atom is 0.277 e. The van der Waals surface area contributed by atoms with Gasteiger partial charge in [0.25, 0.3) is 17.5 Å². The first kappa shape index (κ1) is 14.9. The monoisotopic (exact) mass is 333 g/mol. The van der Waals surface area contributed by atoms with Crippen LogP contribution in [-0.2, 0) is 6.54 Å². The van der Waals surface area contributed by atoms with E-state index >= 15 is 0 Å². The van der Waals surface area contributed by atoms with Gasteiger partial charge in [0, 0.05) is 28.8 Å². The molecule has 25 heavy (non-hydrogen) atoms. The fraction of sp³-hybridized carbons (Fsp3) is 0.0556. The SMILES string of the molecule is O=C1c2cccc3c([N+](=O)[O-])ccc(c23)C(=O)N1Cc1ccccn1. The van der Waals surface area contributed by atoms with Crippen molar-refractivity contribution in [3.8, 4) is 0 Å². The predicted molar refractivity (Wildman–Crippen MR) is 89.0 cm³/mol. The summed E-state index contributed by atoms with van der Waals surface area (Å²) in [7, 11) is 0. The van der Waals surface area contributed by atoms with Crippen molar-refractivity contribution in [2.75, 3.05) is 0 Å². The molecule has 4 rings (SSSR count). The molecule has 0 fully saturated rings. The third-order valence-electron chi connectivity index (χ3n) is 4.21. The molecule has 0 radical (unpaired) electrons. The molecule has 0 bridgehead atoms. The maximum atomic E-state index is 12.8. The zero-order valence-corrected chi connectivity index (χ0v) is 12.9. The number of aromatic nitrogens is 1. The van der Waals surface area contributed by atoms with E-state index in [4.69, 9.17) is 0 Å². The molecule has 0 spiro atoms. The Balaban J connectivity index is 1.89. The molecular formula is C18H11N3O4. The van der Waals surface area contributed by atoms with Crippen molar-refractivity contribution in [1.82, 2.24) is 9.88 Å². The van der Waals surface area contributed by atoms with Crippen LogP contribution in [0.15, 0.2) is 54.7 Å². The number of rotatable bonds is 3. The van der Waals surface area contributed by atoms with E-state index in [-0.39, 0.29) is 23.4 Å². The highest BCUT2D eigenvalue weighted by Gasteiger charge is 2.34. The zero-order chi connectivity index (χ0) is 17.6. The smallest absolute Gasteiger partial charge is 0.269 e. The van der Waals surface area contributed by atoms with Gasteiger partial charge in [0.1, 0.15) is 0 Å². The van der Waals surface area contributed by atoms with Crippen LogP contribution in [0.4, 0.5) is 5.69 Å². The van der Waals surface area contributed by atoms with Gasteiger partial charge in [-0.15, -0.1) is 0 Å². The Morgan fingerprint density at radius 2 is 1.72 bits per heavy atom. The minimum atomic E-state index is -0.516. The summed E-state index contributed by atoms with van der Waals surface area (Å²) in [4.78, 5) is 41.6. The Hall–Kier alpha value is -3.61. The van der Waals surface area contributed by atoms with Crippen LogP contribution < -0.4 is 0 Å². The lowest BCUT2D eigenvalue weighted by atomic mass is 9.93. The third-order valence-corrected chi connectivity index (χ3v) is 4.21. The molecule has 7 heteroatoms. The van der Waals surface area contributed by atoms with Gasteiger partial charge in [-0.2, -0.15) is 0 Å². The number of pyridine rings is 1. The molecule has 1 aliphatic rings. The maximum absolute atomic E-state index is 12.8. The number of carbonyl (C=O) groups excluding carboxylic acids is 2. The predicted octanol–water partition coefficient (Wildman–Crippen LogP) is 2.94. The summed E-state index contributed by atoms with van der Waals surface area (Å²) in [5.74, 6) is -0.955. The molecule has 0 aliphatic carbocycles. The molecule has 2 aromatic carbocycles. The first-order valence-corrected chi connectivity index (χ1v) is 7.54. The van der Waals surface area contributed by atoms with E-state index in [0.717, 1.165) is 4.90 Å². The molecule has 0 N–H and O–H groups in total. The van der Waals surface area contributed by atoms with E-state index in [2.05, 4.69) is 4.98 Å². The second-order valence-electron chi connectivity index (χ2n) is 5.64. The average molecular weight is 333 g/mol. The van der Waals surface area contributed by atoms with E-state index in [1.54, 1.807) is 42.6 Å². The second-order valence-corrected chi connectivity index (χ2v) is 5.64. The van der Waals surface area contributed by atoms with E-state index in [0.29, 0.717) is 16.5 Å². The highest BCUT2D eigenvalue weighted by molar-refractivity contribution is 6.26. The molecule has 0 saturated heterocycles. The average Bonchev–Trinajstić information content (AvgIpc) is 2.63.